The van der Waals surface area contributed by atoms with Crippen LogP contribution in [0.5, 0.6) is 11.5 Å². The number of piperidine rings is 1. The molecule has 1 aromatic heterocycles. The van der Waals surface area contributed by atoms with Crippen LogP contribution in [0.1, 0.15) is 51.1 Å². The third kappa shape index (κ3) is 5.55. The SMILES string of the molecule is COc1cc2c(N(C)C3CCN(C)CC3)cc(C3=CC=C(C)C3)nc2cc1OCCCN1CCCC1. The first-order valence-electron chi connectivity index (χ1n) is 13.7. The van der Waals surface area contributed by atoms with Gasteiger partial charge in [0.1, 0.15) is 0 Å². The topological polar surface area (TPSA) is 41.1 Å². The molecule has 0 unspecified atom stereocenters. The first kappa shape index (κ1) is 25.1. The Morgan fingerprint density at radius 3 is 2.50 bits per heavy atom. The van der Waals surface area contributed by atoms with E-state index in [1.165, 1.54) is 55.6 Å². The van der Waals surface area contributed by atoms with Crippen molar-refractivity contribution >= 4 is 22.2 Å². The summed E-state index contributed by atoms with van der Waals surface area (Å²) in [5.74, 6) is 1.58. The number of benzene rings is 1. The number of anilines is 1. The Balaban J connectivity index is 1.45. The van der Waals surface area contributed by atoms with Crippen molar-refractivity contribution in [1.29, 1.82) is 0 Å². The van der Waals surface area contributed by atoms with Gasteiger partial charge in [-0.3, -0.25) is 0 Å². The lowest BCUT2D eigenvalue weighted by molar-refractivity contribution is 0.253. The van der Waals surface area contributed by atoms with E-state index < -0.39 is 0 Å². The highest BCUT2D eigenvalue weighted by Crippen LogP contribution is 2.39. The van der Waals surface area contributed by atoms with Gasteiger partial charge in [0.2, 0.25) is 0 Å². The molecule has 2 aliphatic heterocycles. The summed E-state index contributed by atoms with van der Waals surface area (Å²) in [7, 11) is 6.20. The van der Waals surface area contributed by atoms with Crippen molar-refractivity contribution in [2.24, 2.45) is 0 Å². The van der Waals surface area contributed by atoms with Crippen molar-refractivity contribution < 1.29 is 9.47 Å². The molecule has 0 saturated carbocycles. The molecule has 0 spiro atoms. The first-order chi connectivity index (χ1) is 17.5. The van der Waals surface area contributed by atoms with Crippen molar-refractivity contribution in [1.82, 2.24) is 14.8 Å². The van der Waals surface area contributed by atoms with Crippen LogP contribution in [0.25, 0.3) is 16.5 Å². The van der Waals surface area contributed by atoms with E-state index in [1.54, 1.807) is 7.11 Å². The summed E-state index contributed by atoms with van der Waals surface area (Å²) in [5.41, 5.74) is 5.94. The maximum Gasteiger partial charge on any atom is 0.163 e. The van der Waals surface area contributed by atoms with Crippen LogP contribution in [0.2, 0.25) is 0 Å². The van der Waals surface area contributed by atoms with E-state index in [4.69, 9.17) is 14.5 Å². The molecule has 36 heavy (non-hydrogen) atoms. The second kappa shape index (κ2) is 11.2. The molecule has 2 aromatic rings. The second-order valence-corrected chi connectivity index (χ2v) is 10.8. The van der Waals surface area contributed by atoms with Crippen LogP contribution in [0, 0.1) is 0 Å². The molecule has 3 aliphatic rings. The van der Waals surface area contributed by atoms with Gasteiger partial charge in [-0.15, -0.1) is 0 Å². The number of hydrogen-bond donors (Lipinski definition) is 0. The number of hydrogen-bond acceptors (Lipinski definition) is 6. The van der Waals surface area contributed by atoms with E-state index in [9.17, 15) is 0 Å². The van der Waals surface area contributed by atoms with Crippen LogP contribution < -0.4 is 14.4 Å². The summed E-state index contributed by atoms with van der Waals surface area (Å²) in [6.07, 6.45) is 11.4. The standard InChI is InChI=1S/C30H42N4O2/c1-22-8-9-23(18-22)26-20-28(33(3)24-10-15-32(2)16-11-24)25-19-29(35-4)30(21-27(25)31-26)36-17-7-14-34-12-5-6-13-34/h8-9,19-21,24H,5-7,10-18H2,1-4H3. The number of rotatable bonds is 9. The smallest absolute Gasteiger partial charge is 0.163 e. The number of ether oxygens (including phenoxy) is 2. The Hall–Kier alpha value is -2.57. The van der Waals surface area contributed by atoms with Crippen LogP contribution in [0.4, 0.5) is 5.69 Å². The summed E-state index contributed by atoms with van der Waals surface area (Å²) in [5, 5.41) is 1.13. The number of likely N-dealkylation sites (tertiary alicyclic amines) is 2. The van der Waals surface area contributed by atoms with Crippen molar-refractivity contribution in [3.05, 3.63) is 41.6 Å². The molecule has 6 nitrogen and oxygen atoms in total. The Morgan fingerprint density at radius 1 is 1.03 bits per heavy atom. The van der Waals surface area contributed by atoms with E-state index in [0.717, 1.165) is 60.6 Å². The number of pyridine rings is 1. The number of allylic oxidation sites excluding steroid dienone is 4. The van der Waals surface area contributed by atoms with Gasteiger partial charge in [-0.25, -0.2) is 4.98 Å². The summed E-state index contributed by atoms with van der Waals surface area (Å²) in [6.45, 7) is 8.71. The van der Waals surface area contributed by atoms with E-state index in [2.05, 4.69) is 66.1 Å². The number of nitrogens with zero attached hydrogens (tertiary/aromatic N) is 4. The number of fused-ring (bicyclic) bond motifs is 1. The number of aromatic nitrogens is 1. The minimum absolute atomic E-state index is 0.518. The minimum atomic E-state index is 0.518. The average molecular weight is 491 g/mol. The third-order valence-corrected chi connectivity index (χ3v) is 8.13. The van der Waals surface area contributed by atoms with E-state index in [-0.39, 0.29) is 0 Å². The quantitative estimate of drug-likeness (QED) is 0.440. The van der Waals surface area contributed by atoms with Crippen LogP contribution in [0.15, 0.2) is 35.9 Å². The van der Waals surface area contributed by atoms with E-state index in [0.29, 0.717) is 12.6 Å². The maximum atomic E-state index is 6.27. The van der Waals surface area contributed by atoms with E-state index in [1.807, 2.05) is 0 Å². The lowest BCUT2D eigenvalue weighted by atomic mass is 10.0. The average Bonchev–Trinajstić information content (AvgIpc) is 3.57. The fourth-order valence-corrected chi connectivity index (χ4v) is 5.84. The highest BCUT2D eigenvalue weighted by atomic mass is 16.5. The molecule has 2 fully saturated rings. The normalized spacial score (nSPS) is 19.6. The van der Waals surface area contributed by atoms with Gasteiger partial charge in [-0.1, -0.05) is 17.7 Å². The molecule has 6 heteroatoms. The van der Waals surface area contributed by atoms with Gasteiger partial charge < -0.3 is 24.2 Å². The Labute approximate surface area is 216 Å². The maximum absolute atomic E-state index is 6.27. The molecule has 0 N–H and O–H groups in total. The van der Waals surface area contributed by atoms with E-state index >= 15 is 0 Å². The molecule has 3 heterocycles. The first-order valence-corrected chi connectivity index (χ1v) is 13.7. The molecule has 2 saturated heterocycles. The summed E-state index contributed by atoms with van der Waals surface area (Å²) in [6, 6.07) is 7.03. The van der Waals surface area contributed by atoms with Crippen molar-refractivity contribution in [2.45, 2.75) is 51.5 Å². The van der Waals surface area contributed by atoms with Gasteiger partial charge >= 0.3 is 0 Å². The lowest BCUT2D eigenvalue weighted by Crippen LogP contribution is -2.42. The fourth-order valence-electron chi connectivity index (χ4n) is 5.84. The third-order valence-electron chi connectivity index (χ3n) is 8.13. The predicted octanol–water partition coefficient (Wildman–Crippen LogP) is 5.37. The Kier molecular flexibility index (Phi) is 7.82. The van der Waals surface area contributed by atoms with Crippen molar-refractivity contribution in [2.75, 3.05) is 65.4 Å². The van der Waals surface area contributed by atoms with Crippen LogP contribution in [-0.2, 0) is 0 Å². The largest absolute Gasteiger partial charge is 0.493 e. The number of methoxy groups -OCH3 is 1. The zero-order valence-electron chi connectivity index (χ0n) is 22.6. The monoisotopic (exact) mass is 490 g/mol. The lowest BCUT2D eigenvalue weighted by Gasteiger charge is -2.37. The Bertz CT molecular complexity index is 1130. The molecular formula is C30H42N4O2. The second-order valence-electron chi connectivity index (χ2n) is 10.8. The summed E-state index contributed by atoms with van der Waals surface area (Å²) in [4.78, 5) is 12.6. The highest BCUT2D eigenvalue weighted by Gasteiger charge is 2.24. The zero-order chi connectivity index (χ0) is 25.1. The van der Waals surface area contributed by atoms with Crippen LogP contribution in [-0.4, -0.2) is 81.4 Å². The van der Waals surface area contributed by atoms with Gasteiger partial charge in [0.25, 0.3) is 0 Å². The molecular weight excluding hydrogens is 448 g/mol. The summed E-state index contributed by atoms with van der Waals surface area (Å²) < 4.78 is 12.1. The Morgan fingerprint density at radius 2 is 1.81 bits per heavy atom. The fraction of sp³-hybridized carbons (Fsp3) is 0.567. The zero-order valence-corrected chi connectivity index (χ0v) is 22.6. The molecule has 0 radical (unpaired) electrons. The van der Waals surface area contributed by atoms with Gasteiger partial charge in [-0.2, -0.15) is 0 Å². The van der Waals surface area contributed by atoms with Crippen molar-refractivity contribution in [3.63, 3.8) is 0 Å². The van der Waals surface area contributed by atoms with Crippen molar-refractivity contribution in [3.8, 4) is 11.5 Å². The highest BCUT2D eigenvalue weighted by molar-refractivity contribution is 5.96. The molecule has 0 amide bonds. The molecule has 1 aliphatic carbocycles. The van der Waals surface area contributed by atoms with Gasteiger partial charge in [0.15, 0.2) is 11.5 Å². The minimum Gasteiger partial charge on any atom is -0.493 e. The molecule has 1 aromatic carbocycles. The van der Waals surface area contributed by atoms with Gasteiger partial charge in [0, 0.05) is 36.8 Å². The molecule has 0 bridgehead atoms. The van der Waals surface area contributed by atoms with Crippen LogP contribution in [0.3, 0.4) is 0 Å². The van der Waals surface area contributed by atoms with Crippen LogP contribution >= 0.6 is 0 Å². The molecule has 5 rings (SSSR count). The van der Waals surface area contributed by atoms with Gasteiger partial charge in [-0.05, 0) is 96.4 Å². The predicted molar refractivity (Wildman–Crippen MR) is 149 cm³/mol. The van der Waals surface area contributed by atoms with Gasteiger partial charge in [0.05, 0.1) is 24.9 Å². The molecule has 0 atom stereocenters. The summed E-state index contributed by atoms with van der Waals surface area (Å²) >= 11 is 0. The molecule has 194 valence electrons.